The number of benzene rings is 1. The van der Waals surface area contributed by atoms with E-state index >= 15 is 0 Å². The molecular weight excluding hydrogens is 320 g/mol. The van der Waals surface area contributed by atoms with E-state index in [0.717, 1.165) is 5.56 Å². The number of nitrogens with one attached hydrogen (secondary N) is 1. The zero-order valence-corrected chi connectivity index (χ0v) is 15.0. The third kappa shape index (κ3) is 3.84. The normalized spacial score (nSPS) is 15.0. The Morgan fingerprint density at radius 3 is 1.80 bits per heavy atom. The van der Waals surface area contributed by atoms with Crippen LogP contribution in [-0.2, 0) is 19.1 Å². The molecule has 0 amide bonds. The summed E-state index contributed by atoms with van der Waals surface area (Å²) >= 11 is 0. The topological polar surface area (TPSA) is 90.6 Å². The number of esters is 2. The molecule has 0 fully saturated rings. The highest BCUT2D eigenvalue weighted by Gasteiger charge is 2.37. The lowest BCUT2D eigenvalue weighted by Gasteiger charge is -2.30. The van der Waals surface area contributed by atoms with Crippen molar-refractivity contribution < 1.29 is 19.1 Å². The standard InChI is InChI=1S/C19H24N2O4/c1-5-24-18(22)15-11(3)21-12(4)16(19(23)25-6-2)17(15)13-7-9-14(20)10-8-13/h7-10,17,21H,5-6,20H2,1-4H3. The Labute approximate surface area is 147 Å². The largest absolute Gasteiger partial charge is 0.463 e. The predicted molar refractivity (Wildman–Crippen MR) is 95.4 cm³/mol. The molecule has 1 aliphatic heterocycles. The van der Waals surface area contributed by atoms with Gasteiger partial charge < -0.3 is 20.5 Å². The molecule has 134 valence electrons. The molecule has 0 atom stereocenters. The molecular formula is C19H24N2O4. The highest BCUT2D eigenvalue weighted by molar-refractivity contribution is 5.99. The zero-order valence-electron chi connectivity index (χ0n) is 15.0. The van der Waals surface area contributed by atoms with Crippen LogP contribution in [0.1, 0.15) is 39.2 Å². The first-order chi connectivity index (χ1) is 11.9. The fraction of sp³-hybridized carbons (Fsp3) is 0.368. The zero-order chi connectivity index (χ0) is 18.6. The Morgan fingerprint density at radius 2 is 1.40 bits per heavy atom. The van der Waals surface area contributed by atoms with Gasteiger partial charge in [0.2, 0.25) is 0 Å². The summed E-state index contributed by atoms with van der Waals surface area (Å²) in [6.45, 7) is 7.58. The van der Waals surface area contributed by atoms with Crippen molar-refractivity contribution in [1.82, 2.24) is 5.32 Å². The summed E-state index contributed by atoms with van der Waals surface area (Å²) in [6, 6.07) is 7.11. The van der Waals surface area contributed by atoms with Crippen molar-refractivity contribution in [2.45, 2.75) is 33.6 Å². The fourth-order valence-corrected chi connectivity index (χ4v) is 2.97. The molecule has 0 spiro atoms. The summed E-state index contributed by atoms with van der Waals surface area (Å²) < 4.78 is 10.4. The Kier molecular flexibility index (Phi) is 5.85. The number of hydrogen-bond acceptors (Lipinski definition) is 6. The molecule has 25 heavy (non-hydrogen) atoms. The maximum Gasteiger partial charge on any atom is 0.336 e. The monoisotopic (exact) mass is 344 g/mol. The minimum absolute atomic E-state index is 0.251. The van der Waals surface area contributed by atoms with Crippen molar-refractivity contribution >= 4 is 17.6 Å². The van der Waals surface area contributed by atoms with Crippen LogP contribution in [0.2, 0.25) is 0 Å². The molecule has 0 saturated carbocycles. The molecule has 1 aromatic rings. The highest BCUT2D eigenvalue weighted by atomic mass is 16.5. The number of anilines is 1. The number of allylic oxidation sites excluding steroid dienone is 2. The average molecular weight is 344 g/mol. The first kappa shape index (κ1) is 18.6. The van der Waals surface area contributed by atoms with Crippen LogP contribution < -0.4 is 11.1 Å². The van der Waals surface area contributed by atoms with Gasteiger partial charge in [0.1, 0.15) is 0 Å². The number of rotatable bonds is 5. The molecule has 0 bridgehead atoms. The Morgan fingerprint density at radius 1 is 0.960 bits per heavy atom. The van der Waals surface area contributed by atoms with Gasteiger partial charge in [-0.2, -0.15) is 0 Å². The molecule has 0 aliphatic carbocycles. The number of nitrogens with two attached hydrogens (primary N) is 1. The molecule has 1 aromatic carbocycles. The van der Waals surface area contributed by atoms with Crippen LogP contribution in [0.25, 0.3) is 0 Å². The molecule has 2 rings (SSSR count). The molecule has 6 nitrogen and oxygen atoms in total. The number of carbonyl (C=O) groups excluding carboxylic acids is 2. The van der Waals surface area contributed by atoms with Gasteiger partial charge in [0.05, 0.1) is 30.3 Å². The van der Waals surface area contributed by atoms with Gasteiger partial charge >= 0.3 is 11.9 Å². The van der Waals surface area contributed by atoms with Gasteiger partial charge in [0.15, 0.2) is 0 Å². The van der Waals surface area contributed by atoms with E-state index in [0.29, 0.717) is 28.2 Å². The van der Waals surface area contributed by atoms with Crippen molar-refractivity contribution in [3.8, 4) is 0 Å². The second kappa shape index (κ2) is 7.88. The Bertz CT molecular complexity index is 692. The maximum absolute atomic E-state index is 12.6. The van der Waals surface area contributed by atoms with Gasteiger partial charge in [0.25, 0.3) is 0 Å². The summed E-state index contributed by atoms with van der Waals surface area (Å²) in [6.07, 6.45) is 0. The lowest BCUT2D eigenvalue weighted by Crippen LogP contribution is -2.32. The van der Waals surface area contributed by atoms with Crippen LogP contribution >= 0.6 is 0 Å². The molecule has 0 saturated heterocycles. The van der Waals surface area contributed by atoms with Crippen LogP contribution in [0.3, 0.4) is 0 Å². The van der Waals surface area contributed by atoms with Crippen molar-refractivity contribution in [1.29, 1.82) is 0 Å². The van der Waals surface area contributed by atoms with E-state index in [1.165, 1.54) is 0 Å². The van der Waals surface area contributed by atoms with E-state index in [1.807, 2.05) is 12.1 Å². The molecule has 0 unspecified atom stereocenters. The molecule has 6 heteroatoms. The lowest BCUT2D eigenvalue weighted by molar-refractivity contribution is -0.139. The third-order valence-corrected chi connectivity index (χ3v) is 4.02. The van der Waals surface area contributed by atoms with Gasteiger partial charge in [-0.25, -0.2) is 9.59 Å². The number of hydrogen-bond donors (Lipinski definition) is 2. The van der Waals surface area contributed by atoms with Gasteiger partial charge in [-0.15, -0.1) is 0 Å². The quantitative estimate of drug-likeness (QED) is 0.630. The Hall–Kier alpha value is -2.76. The SMILES string of the molecule is CCOC(=O)C1=C(C)NC(C)=C(C(=O)OCC)C1c1ccc(N)cc1. The van der Waals surface area contributed by atoms with E-state index in [2.05, 4.69) is 5.32 Å². The van der Waals surface area contributed by atoms with Gasteiger partial charge in [0, 0.05) is 17.1 Å². The van der Waals surface area contributed by atoms with E-state index in [1.54, 1.807) is 39.8 Å². The maximum atomic E-state index is 12.6. The third-order valence-electron chi connectivity index (χ3n) is 4.02. The van der Waals surface area contributed by atoms with Crippen LogP contribution in [-0.4, -0.2) is 25.2 Å². The predicted octanol–water partition coefficient (Wildman–Crippen LogP) is 2.63. The van der Waals surface area contributed by atoms with Crippen molar-refractivity contribution in [2.75, 3.05) is 18.9 Å². The van der Waals surface area contributed by atoms with Crippen molar-refractivity contribution in [3.63, 3.8) is 0 Å². The average Bonchev–Trinajstić information content (AvgIpc) is 2.55. The first-order valence-electron chi connectivity index (χ1n) is 8.28. The molecule has 1 aliphatic rings. The van der Waals surface area contributed by atoms with Crippen LogP contribution in [0.5, 0.6) is 0 Å². The summed E-state index contributed by atoms with van der Waals surface area (Å²) in [7, 11) is 0. The van der Waals surface area contributed by atoms with E-state index in [9.17, 15) is 9.59 Å². The Balaban J connectivity index is 2.61. The highest BCUT2D eigenvalue weighted by Crippen LogP contribution is 2.39. The smallest absolute Gasteiger partial charge is 0.336 e. The van der Waals surface area contributed by atoms with Crippen molar-refractivity contribution in [2.24, 2.45) is 0 Å². The molecule has 0 radical (unpaired) electrons. The van der Waals surface area contributed by atoms with Crippen LogP contribution in [0, 0.1) is 0 Å². The minimum atomic E-state index is -0.569. The van der Waals surface area contributed by atoms with Crippen LogP contribution in [0.15, 0.2) is 46.8 Å². The van der Waals surface area contributed by atoms with Gasteiger partial charge in [-0.1, -0.05) is 12.1 Å². The lowest BCUT2D eigenvalue weighted by atomic mass is 9.80. The number of carbonyl (C=O) groups is 2. The van der Waals surface area contributed by atoms with E-state index in [4.69, 9.17) is 15.2 Å². The van der Waals surface area contributed by atoms with Gasteiger partial charge in [-0.3, -0.25) is 0 Å². The summed E-state index contributed by atoms with van der Waals surface area (Å²) in [5.74, 6) is -1.48. The first-order valence-corrected chi connectivity index (χ1v) is 8.28. The number of nitrogen functional groups attached to an aromatic ring is 1. The van der Waals surface area contributed by atoms with Gasteiger partial charge in [-0.05, 0) is 45.4 Å². The second-order valence-corrected chi connectivity index (χ2v) is 5.74. The van der Waals surface area contributed by atoms with Crippen LogP contribution in [0.4, 0.5) is 5.69 Å². The number of ether oxygens (including phenoxy) is 2. The second-order valence-electron chi connectivity index (χ2n) is 5.74. The van der Waals surface area contributed by atoms with Crippen molar-refractivity contribution in [3.05, 3.63) is 52.4 Å². The summed E-state index contributed by atoms with van der Waals surface area (Å²) in [5, 5.41) is 3.10. The molecule has 1 heterocycles. The van der Waals surface area contributed by atoms with E-state index < -0.39 is 17.9 Å². The molecule has 3 N–H and O–H groups in total. The summed E-state index contributed by atoms with van der Waals surface area (Å²) in [5.41, 5.74) is 9.28. The summed E-state index contributed by atoms with van der Waals surface area (Å²) in [4.78, 5) is 25.1. The minimum Gasteiger partial charge on any atom is -0.463 e. The fourth-order valence-electron chi connectivity index (χ4n) is 2.97. The molecule has 0 aromatic heterocycles. The number of dihydropyridines is 1. The van der Waals surface area contributed by atoms with E-state index in [-0.39, 0.29) is 13.2 Å².